The van der Waals surface area contributed by atoms with Gasteiger partial charge in [0.05, 0.1) is 12.8 Å². The fraction of sp³-hybridized carbons (Fsp3) is 0.143. The number of hydrogen-bond donors (Lipinski definition) is 2. The van der Waals surface area contributed by atoms with Crippen molar-refractivity contribution in [1.29, 1.82) is 0 Å². The van der Waals surface area contributed by atoms with Crippen molar-refractivity contribution in [2.45, 2.75) is 13.3 Å². The van der Waals surface area contributed by atoms with Crippen molar-refractivity contribution in [3.8, 4) is 22.8 Å². The summed E-state index contributed by atoms with van der Waals surface area (Å²) in [5, 5.41) is 19.1. The molecule has 0 saturated carbocycles. The molecule has 0 spiro atoms. The first kappa shape index (κ1) is 21.6. The summed E-state index contributed by atoms with van der Waals surface area (Å²) in [4.78, 5) is 12.8. The van der Waals surface area contributed by atoms with Crippen molar-refractivity contribution < 1.29 is 18.6 Å². The molecule has 0 bridgehead atoms. The molecule has 0 atom stereocenters. The fourth-order valence-electron chi connectivity index (χ4n) is 2.91. The number of halogens is 1. The SMILES string of the molecule is CCCOc1ccc(-c2c(C(=O)N/N=C/c3cccc(F)c3)nnn2-c2nonc2N)cc1. The molecule has 0 unspecified atom stereocenters. The highest BCUT2D eigenvalue weighted by molar-refractivity contribution is 5.98. The molecule has 0 aliphatic carbocycles. The molecule has 2 aromatic carbocycles. The molecule has 11 nitrogen and oxygen atoms in total. The van der Waals surface area contributed by atoms with E-state index < -0.39 is 11.7 Å². The van der Waals surface area contributed by atoms with E-state index in [1.54, 1.807) is 30.3 Å². The summed E-state index contributed by atoms with van der Waals surface area (Å²) < 4.78 is 24.8. The van der Waals surface area contributed by atoms with Crippen LogP contribution in [0.3, 0.4) is 0 Å². The third-order valence-electron chi connectivity index (χ3n) is 4.41. The van der Waals surface area contributed by atoms with Crippen LogP contribution in [0.2, 0.25) is 0 Å². The molecule has 0 aliphatic heterocycles. The van der Waals surface area contributed by atoms with E-state index in [2.05, 4.69) is 35.8 Å². The Kier molecular flexibility index (Phi) is 6.34. The number of aromatic nitrogens is 5. The molecule has 2 heterocycles. The lowest BCUT2D eigenvalue weighted by Crippen LogP contribution is -2.19. The topological polar surface area (TPSA) is 146 Å². The van der Waals surface area contributed by atoms with Gasteiger partial charge < -0.3 is 10.5 Å². The highest BCUT2D eigenvalue weighted by atomic mass is 19.1. The molecular weight excluding hydrogens is 431 g/mol. The lowest BCUT2D eigenvalue weighted by molar-refractivity contribution is 0.0950. The largest absolute Gasteiger partial charge is 0.494 e. The molecule has 168 valence electrons. The average molecular weight is 450 g/mol. The summed E-state index contributed by atoms with van der Waals surface area (Å²) in [6, 6.07) is 12.8. The van der Waals surface area contributed by atoms with Gasteiger partial charge in [0, 0.05) is 5.56 Å². The van der Waals surface area contributed by atoms with E-state index in [0.29, 0.717) is 23.5 Å². The zero-order chi connectivity index (χ0) is 23.2. The fourth-order valence-corrected chi connectivity index (χ4v) is 2.91. The molecule has 0 saturated heterocycles. The van der Waals surface area contributed by atoms with Crippen LogP contribution in [0.4, 0.5) is 10.2 Å². The Hall–Kier alpha value is -4.61. The van der Waals surface area contributed by atoms with E-state index in [1.165, 1.54) is 29.1 Å². The minimum absolute atomic E-state index is 0.0277. The molecule has 0 aliphatic rings. The summed E-state index contributed by atoms with van der Waals surface area (Å²) in [6.45, 7) is 2.59. The van der Waals surface area contributed by atoms with Crippen molar-refractivity contribution in [2.75, 3.05) is 12.3 Å². The third-order valence-corrected chi connectivity index (χ3v) is 4.41. The Balaban J connectivity index is 1.66. The smallest absolute Gasteiger partial charge is 0.294 e. The number of carbonyl (C=O) groups excluding carboxylic acids is 1. The number of hydrazone groups is 1. The van der Waals surface area contributed by atoms with Gasteiger partial charge in [0.2, 0.25) is 11.6 Å². The number of benzene rings is 2. The van der Waals surface area contributed by atoms with Gasteiger partial charge in [-0.2, -0.15) is 9.78 Å². The summed E-state index contributed by atoms with van der Waals surface area (Å²) in [6.07, 6.45) is 2.18. The van der Waals surface area contributed by atoms with Gasteiger partial charge in [0.1, 0.15) is 17.3 Å². The van der Waals surface area contributed by atoms with Crippen molar-refractivity contribution in [3.63, 3.8) is 0 Å². The molecule has 0 radical (unpaired) electrons. The van der Waals surface area contributed by atoms with E-state index in [9.17, 15) is 9.18 Å². The number of hydrogen-bond acceptors (Lipinski definition) is 9. The van der Waals surface area contributed by atoms with Crippen LogP contribution in [0.5, 0.6) is 5.75 Å². The quantitative estimate of drug-likeness (QED) is 0.308. The lowest BCUT2D eigenvalue weighted by Gasteiger charge is -2.08. The molecule has 2 aromatic heterocycles. The van der Waals surface area contributed by atoms with Crippen LogP contribution in [0, 0.1) is 5.82 Å². The summed E-state index contributed by atoms with van der Waals surface area (Å²) in [5.74, 6) is -0.342. The summed E-state index contributed by atoms with van der Waals surface area (Å²) in [5.41, 5.74) is 9.48. The Bertz CT molecular complexity index is 1280. The van der Waals surface area contributed by atoms with Gasteiger partial charge in [-0.05, 0) is 58.7 Å². The average Bonchev–Trinajstić information content (AvgIpc) is 3.44. The van der Waals surface area contributed by atoms with Gasteiger partial charge in [0.25, 0.3) is 5.91 Å². The first-order valence-electron chi connectivity index (χ1n) is 9.93. The first-order valence-corrected chi connectivity index (χ1v) is 9.93. The van der Waals surface area contributed by atoms with Gasteiger partial charge in [-0.1, -0.05) is 24.3 Å². The molecule has 12 heteroatoms. The standard InChI is InChI=1S/C21H19FN8O3/c1-2-10-32-16-8-6-14(7-9-16)18-17(25-29-30(18)20-19(23)27-33-28-20)21(31)26-24-12-13-4-3-5-15(22)11-13/h3-9,11-12H,2,10H2,1H3,(H2,23,27)(H,26,31)/b24-12+. The minimum atomic E-state index is -0.648. The maximum atomic E-state index is 13.3. The first-order chi connectivity index (χ1) is 16.1. The Labute approximate surface area is 187 Å². The van der Waals surface area contributed by atoms with Gasteiger partial charge >= 0.3 is 0 Å². The number of nitrogens with zero attached hydrogens (tertiary/aromatic N) is 6. The number of nitrogens with one attached hydrogen (secondary N) is 1. The summed E-state index contributed by atoms with van der Waals surface area (Å²) >= 11 is 0. The van der Waals surface area contributed by atoms with E-state index in [-0.39, 0.29) is 23.0 Å². The Morgan fingerprint density at radius 3 is 2.79 bits per heavy atom. The van der Waals surface area contributed by atoms with Crippen LogP contribution < -0.4 is 15.9 Å². The van der Waals surface area contributed by atoms with Crippen LogP contribution in [0.15, 0.2) is 58.3 Å². The number of anilines is 1. The van der Waals surface area contributed by atoms with Crippen LogP contribution in [-0.2, 0) is 0 Å². The molecule has 0 fully saturated rings. The zero-order valence-electron chi connectivity index (χ0n) is 17.5. The second-order valence-corrected chi connectivity index (χ2v) is 6.80. The summed E-state index contributed by atoms with van der Waals surface area (Å²) in [7, 11) is 0. The van der Waals surface area contributed by atoms with Gasteiger partial charge in [-0.3, -0.25) is 4.79 Å². The number of ether oxygens (including phenoxy) is 1. The van der Waals surface area contributed by atoms with Gasteiger partial charge in [0.15, 0.2) is 5.69 Å². The van der Waals surface area contributed by atoms with Crippen LogP contribution in [0.25, 0.3) is 17.1 Å². The number of amides is 1. The Morgan fingerprint density at radius 2 is 2.09 bits per heavy atom. The molecule has 3 N–H and O–H groups in total. The Morgan fingerprint density at radius 1 is 1.27 bits per heavy atom. The molecule has 4 rings (SSSR count). The van der Waals surface area contributed by atoms with Crippen molar-refractivity contribution in [2.24, 2.45) is 5.10 Å². The predicted octanol–water partition coefficient (Wildman–Crippen LogP) is 2.59. The lowest BCUT2D eigenvalue weighted by atomic mass is 10.1. The van der Waals surface area contributed by atoms with Crippen molar-refractivity contribution >= 4 is 17.9 Å². The molecule has 1 amide bonds. The highest BCUT2D eigenvalue weighted by Crippen LogP contribution is 2.28. The monoisotopic (exact) mass is 450 g/mol. The third kappa shape index (κ3) is 4.84. The molecule has 33 heavy (non-hydrogen) atoms. The van der Waals surface area contributed by atoms with E-state index in [1.807, 2.05) is 6.92 Å². The zero-order valence-corrected chi connectivity index (χ0v) is 17.5. The second kappa shape index (κ2) is 9.68. The second-order valence-electron chi connectivity index (χ2n) is 6.80. The van der Waals surface area contributed by atoms with Gasteiger partial charge in [-0.25, -0.2) is 14.4 Å². The molecule has 4 aromatic rings. The van der Waals surface area contributed by atoms with E-state index in [4.69, 9.17) is 10.5 Å². The number of carbonyl (C=O) groups is 1. The number of nitrogens with two attached hydrogens (primary N) is 1. The highest BCUT2D eigenvalue weighted by Gasteiger charge is 2.25. The molecular formula is C21H19FN8O3. The maximum absolute atomic E-state index is 13.3. The van der Waals surface area contributed by atoms with E-state index >= 15 is 0 Å². The van der Waals surface area contributed by atoms with Crippen molar-refractivity contribution in [1.82, 2.24) is 30.7 Å². The van der Waals surface area contributed by atoms with Crippen LogP contribution in [0.1, 0.15) is 29.4 Å². The van der Waals surface area contributed by atoms with Crippen LogP contribution >= 0.6 is 0 Å². The van der Waals surface area contributed by atoms with Crippen LogP contribution in [-0.4, -0.2) is 44.0 Å². The minimum Gasteiger partial charge on any atom is -0.494 e. The van der Waals surface area contributed by atoms with E-state index in [0.717, 1.165) is 6.42 Å². The normalized spacial score (nSPS) is 11.1. The van der Waals surface area contributed by atoms with Gasteiger partial charge in [-0.15, -0.1) is 5.10 Å². The maximum Gasteiger partial charge on any atom is 0.294 e. The number of nitrogen functional groups attached to an aromatic ring is 1. The van der Waals surface area contributed by atoms with Crippen molar-refractivity contribution in [3.05, 3.63) is 65.6 Å². The predicted molar refractivity (Wildman–Crippen MR) is 116 cm³/mol. The number of rotatable bonds is 8.